The molecule has 0 bridgehead atoms. The summed E-state index contributed by atoms with van der Waals surface area (Å²) in [7, 11) is 1.66. The normalized spacial score (nSPS) is 32.4. The van der Waals surface area contributed by atoms with Gasteiger partial charge in [-0.2, -0.15) is 0 Å². The van der Waals surface area contributed by atoms with E-state index < -0.39 is 6.10 Å². The Labute approximate surface area is 90.4 Å². The van der Waals surface area contributed by atoms with Crippen LogP contribution in [-0.2, 0) is 9.47 Å². The van der Waals surface area contributed by atoms with Crippen molar-refractivity contribution in [3.63, 3.8) is 0 Å². The second-order valence-corrected chi connectivity index (χ2v) is 3.78. The molecule has 1 aliphatic rings. The van der Waals surface area contributed by atoms with Crippen LogP contribution in [-0.4, -0.2) is 61.4 Å². The summed E-state index contributed by atoms with van der Waals surface area (Å²) in [5.41, 5.74) is 0. The molecule has 0 spiro atoms. The quantitative estimate of drug-likeness (QED) is 0.519. The largest absolute Gasteiger partial charge is 0.394 e. The van der Waals surface area contributed by atoms with Crippen LogP contribution >= 0.6 is 0 Å². The summed E-state index contributed by atoms with van der Waals surface area (Å²) in [6, 6.07) is 0.216. The molecule has 90 valence electrons. The van der Waals surface area contributed by atoms with E-state index in [0.29, 0.717) is 13.2 Å². The van der Waals surface area contributed by atoms with Gasteiger partial charge in [0.2, 0.25) is 0 Å². The highest BCUT2D eigenvalue weighted by atomic mass is 16.5. The fourth-order valence-electron chi connectivity index (χ4n) is 1.83. The summed E-state index contributed by atoms with van der Waals surface area (Å²) in [6.45, 7) is 2.83. The van der Waals surface area contributed by atoms with Gasteiger partial charge in [-0.25, -0.2) is 0 Å². The summed E-state index contributed by atoms with van der Waals surface area (Å²) in [6.07, 6.45) is 0.401. The zero-order valence-electron chi connectivity index (χ0n) is 9.35. The van der Waals surface area contributed by atoms with Gasteiger partial charge in [0.15, 0.2) is 0 Å². The topological polar surface area (TPSA) is 71.0 Å². The van der Waals surface area contributed by atoms with Crippen LogP contribution in [0.1, 0.15) is 13.3 Å². The molecule has 0 aromatic rings. The van der Waals surface area contributed by atoms with Gasteiger partial charge in [-0.3, -0.25) is 0 Å². The van der Waals surface area contributed by atoms with Crippen LogP contribution in [0.25, 0.3) is 0 Å². The lowest BCUT2D eigenvalue weighted by atomic mass is 9.85. The lowest BCUT2D eigenvalue weighted by Crippen LogP contribution is -2.60. The van der Waals surface area contributed by atoms with Crippen molar-refractivity contribution in [1.82, 2.24) is 5.32 Å². The van der Waals surface area contributed by atoms with Crippen molar-refractivity contribution in [2.24, 2.45) is 0 Å². The summed E-state index contributed by atoms with van der Waals surface area (Å²) in [5, 5.41) is 21.0. The zero-order valence-corrected chi connectivity index (χ0v) is 9.35. The van der Waals surface area contributed by atoms with Crippen molar-refractivity contribution in [2.75, 3.05) is 26.9 Å². The second kappa shape index (κ2) is 6.40. The molecular weight excluding hydrogens is 198 g/mol. The zero-order chi connectivity index (χ0) is 11.3. The summed E-state index contributed by atoms with van der Waals surface area (Å²) < 4.78 is 10.8. The van der Waals surface area contributed by atoms with Crippen molar-refractivity contribution < 1.29 is 19.7 Å². The predicted molar refractivity (Wildman–Crippen MR) is 55.7 cm³/mol. The Kier molecular flexibility index (Phi) is 5.49. The molecule has 1 rings (SSSR count). The van der Waals surface area contributed by atoms with Gasteiger partial charge in [0, 0.05) is 26.3 Å². The Bertz CT molecular complexity index is 179. The molecule has 3 N–H and O–H groups in total. The van der Waals surface area contributed by atoms with E-state index in [0.717, 1.165) is 6.42 Å². The Hall–Kier alpha value is -0.200. The number of rotatable bonds is 7. The molecule has 15 heavy (non-hydrogen) atoms. The van der Waals surface area contributed by atoms with Gasteiger partial charge in [0.05, 0.1) is 24.9 Å². The second-order valence-electron chi connectivity index (χ2n) is 3.78. The van der Waals surface area contributed by atoms with Crippen LogP contribution in [0, 0.1) is 0 Å². The molecule has 4 unspecified atom stereocenters. The standard InChI is InChI=1S/C10H21NO4/c1-3-15-9-4-8(10(9)14-2)11-5-7(13)6-12/h7-13H,3-6H2,1-2H3. The van der Waals surface area contributed by atoms with Crippen LogP contribution in [0.2, 0.25) is 0 Å². The van der Waals surface area contributed by atoms with Gasteiger partial charge < -0.3 is 25.0 Å². The fourth-order valence-corrected chi connectivity index (χ4v) is 1.83. The maximum absolute atomic E-state index is 9.17. The number of aliphatic hydroxyl groups is 2. The molecule has 4 atom stereocenters. The van der Waals surface area contributed by atoms with E-state index >= 15 is 0 Å². The number of hydrogen-bond acceptors (Lipinski definition) is 5. The van der Waals surface area contributed by atoms with E-state index in [1.165, 1.54) is 0 Å². The minimum absolute atomic E-state index is 0.0517. The lowest BCUT2D eigenvalue weighted by Gasteiger charge is -2.43. The fraction of sp³-hybridized carbons (Fsp3) is 1.00. The first-order valence-corrected chi connectivity index (χ1v) is 5.39. The number of nitrogens with one attached hydrogen (secondary N) is 1. The van der Waals surface area contributed by atoms with Crippen molar-refractivity contribution in [3.8, 4) is 0 Å². The monoisotopic (exact) mass is 219 g/mol. The van der Waals surface area contributed by atoms with Crippen LogP contribution < -0.4 is 5.32 Å². The number of ether oxygens (including phenoxy) is 2. The molecule has 0 heterocycles. The van der Waals surface area contributed by atoms with Gasteiger partial charge in [0.25, 0.3) is 0 Å². The van der Waals surface area contributed by atoms with Gasteiger partial charge >= 0.3 is 0 Å². The third kappa shape index (κ3) is 3.39. The predicted octanol–water partition coefficient (Wildman–Crippen LogP) is -0.878. The van der Waals surface area contributed by atoms with E-state index in [1.54, 1.807) is 7.11 Å². The minimum atomic E-state index is -0.700. The maximum atomic E-state index is 9.17. The number of methoxy groups -OCH3 is 1. The summed E-state index contributed by atoms with van der Waals surface area (Å²) >= 11 is 0. The molecule has 1 saturated carbocycles. The minimum Gasteiger partial charge on any atom is -0.394 e. The van der Waals surface area contributed by atoms with Crippen LogP contribution in [0.15, 0.2) is 0 Å². The van der Waals surface area contributed by atoms with E-state index in [4.69, 9.17) is 14.6 Å². The van der Waals surface area contributed by atoms with Gasteiger partial charge in [-0.05, 0) is 13.3 Å². The maximum Gasteiger partial charge on any atom is 0.0986 e. The number of hydrogen-bond donors (Lipinski definition) is 3. The summed E-state index contributed by atoms with van der Waals surface area (Å²) in [5.74, 6) is 0. The van der Waals surface area contributed by atoms with Gasteiger partial charge in [-0.1, -0.05) is 0 Å². The Balaban J connectivity index is 2.21. The van der Waals surface area contributed by atoms with Crippen molar-refractivity contribution in [1.29, 1.82) is 0 Å². The molecule has 0 amide bonds. The highest BCUT2D eigenvalue weighted by Crippen LogP contribution is 2.26. The third-order valence-corrected chi connectivity index (χ3v) is 2.73. The first kappa shape index (κ1) is 12.9. The number of aliphatic hydroxyl groups excluding tert-OH is 2. The smallest absolute Gasteiger partial charge is 0.0986 e. The Morgan fingerprint density at radius 3 is 2.80 bits per heavy atom. The van der Waals surface area contributed by atoms with E-state index in [1.807, 2.05) is 6.92 Å². The lowest BCUT2D eigenvalue weighted by molar-refractivity contribution is -0.132. The molecule has 1 aliphatic carbocycles. The third-order valence-electron chi connectivity index (χ3n) is 2.73. The molecule has 0 aliphatic heterocycles. The first-order valence-electron chi connectivity index (χ1n) is 5.39. The van der Waals surface area contributed by atoms with E-state index in [-0.39, 0.29) is 24.9 Å². The van der Waals surface area contributed by atoms with Gasteiger partial charge in [-0.15, -0.1) is 0 Å². The molecule has 1 fully saturated rings. The molecule has 5 heteroatoms. The highest BCUT2D eigenvalue weighted by molar-refractivity contribution is 4.97. The average molecular weight is 219 g/mol. The van der Waals surface area contributed by atoms with Crippen LogP contribution in [0.4, 0.5) is 0 Å². The molecule has 5 nitrogen and oxygen atoms in total. The van der Waals surface area contributed by atoms with Crippen LogP contribution in [0.3, 0.4) is 0 Å². The summed E-state index contributed by atoms with van der Waals surface area (Å²) in [4.78, 5) is 0. The first-order chi connectivity index (χ1) is 7.22. The Morgan fingerprint density at radius 2 is 2.27 bits per heavy atom. The highest BCUT2D eigenvalue weighted by Gasteiger charge is 2.41. The van der Waals surface area contributed by atoms with Crippen molar-refractivity contribution in [3.05, 3.63) is 0 Å². The van der Waals surface area contributed by atoms with Crippen molar-refractivity contribution >= 4 is 0 Å². The molecule has 0 saturated heterocycles. The molecular formula is C10H21NO4. The van der Waals surface area contributed by atoms with E-state index in [9.17, 15) is 5.11 Å². The van der Waals surface area contributed by atoms with Crippen LogP contribution in [0.5, 0.6) is 0 Å². The molecule has 0 aromatic carbocycles. The molecule has 0 radical (unpaired) electrons. The molecule has 0 aromatic heterocycles. The Morgan fingerprint density at radius 1 is 1.53 bits per heavy atom. The average Bonchev–Trinajstić information content (AvgIpc) is 2.22. The van der Waals surface area contributed by atoms with Crippen molar-refractivity contribution in [2.45, 2.75) is 37.7 Å². The van der Waals surface area contributed by atoms with Gasteiger partial charge in [0.1, 0.15) is 0 Å². The SMILES string of the molecule is CCOC1CC(NCC(O)CO)C1OC. The van der Waals surface area contributed by atoms with E-state index in [2.05, 4.69) is 5.32 Å².